The summed E-state index contributed by atoms with van der Waals surface area (Å²) in [7, 11) is 0. The third-order valence-corrected chi connectivity index (χ3v) is 2.23. The summed E-state index contributed by atoms with van der Waals surface area (Å²) in [5.74, 6) is 0.762. The van der Waals surface area contributed by atoms with Crippen molar-refractivity contribution in [3.63, 3.8) is 0 Å². The standard InChI is InChI=1S/C13H12N2O2/c16-10-15-12-1-3-13(4-2-12)17-9-11-5-7-14-8-6-11/h1-8,10H,9H2,(H,15,16). The molecule has 0 fully saturated rings. The van der Waals surface area contributed by atoms with Crippen molar-refractivity contribution in [2.24, 2.45) is 0 Å². The summed E-state index contributed by atoms with van der Waals surface area (Å²) in [6, 6.07) is 11.0. The minimum atomic E-state index is 0.503. The first-order valence-electron chi connectivity index (χ1n) is 5.20. The van der Waals surface area contributed by atoms with Gasteiger partial charge in [0.15, 0.2) is 0 Å². The topological polar surface area (TPSA) is 51.2 Å². The number of benzene rings is 1. The van der Waals surface area contributed by atoms with Gasteiger partial charge in [-0.1, -0.05) is 0 Å². The van der Waals surface area contributed by atoms with Crippen molar-refractivity contribution in [3.8, 4) is 5.75 Å². The summed E-state index contributed by atoms with van der Waals surface area (Å²) in [4.78, 5) is 14.2. The molecule has 0 aliphatic heterocycles. The van der Waals surface area contributed by atoms with Gasteiger partial charge in [-0.05, 0) is 42.0 Å². The van der Waals surface area contributed by atoms with E-state index in [0.717, 1.165) is 17.0 Å². The first-order chi connectivity index (χ1) is 8.38. The molecule has 0 unspecified atom stereocenters. The van der Waals surface area contributed by atoms with Gasteiger partial charge < -0.3 is 10.1 Å². The smallest absolute Gasteiger partial charge is 0.211 e. The van der Waals surface area contributed by atoms with E-state index >= 15 is 0 Å². The van der Waals surface area contributed by atoms with Gasteiger partial charge in [0.2, 0.25) is 6.41 Å². The molecule has 0 aliphatic rings. The largest absolute Gasteiger partial charge is 0.489 e. The molecule has 1 amide bonds. The summed E-state index contributed by atoms with van der Waals surface area (Å²) < 4.78 is 5.58. The predicted molar refractivity (Wildman–Crippen MR) is 64.7 cm³/mol. The molecular weight excluding hydrogens is 216 g/mol. The molecule has 1 N–H and O–H groups in total. The van der Waals surface area contributed by atoms with Crippen molar-refractivity contribution < 1.29 is 9.53 Å². The van der Waals surface area contributed by atoms with Gasteiger partial charge in [-0.2, -0.15) is 0 Å². The van der Waals surface area contributed by atoms with Gasteiger partial charge in [-0.3, -0.25) is 9.78 Å². The van der Waals surface area contributed by atoms with Crippen LogP contribution in [0.5, 0.6) is 5.75 Å². The monoisotopic (exact) mass is 228 g/mol. The Hall–Kier alpha value is -2.36. The Kier molecular flexibility index (Phi) is 3.70. The van der Waals surface area contributed by atoms with E-state index in [2.05, 4.69) is 10.3 Å². The summed E-state index contributed by atoms with van der Waals surface area (Å²) >= 11 is 0. The van der Waals surface area contributed by atoms with Crippen LogP contribution in [0.15, 0.2) is 48.8 Å². The van der Waals surface area contributed by atoms with Crippen LogP contribution in [0, 0.1) is 0 Å². The molecule has 0 radical (unpaired) electrons. The predicted octanol–water partition coefficient (Wildman–Crippen LogP) is 2.23. The lowest BCUT2D eigenvalue weighted by Gasteiger charge is -2.06. The number of carbonyl (C=O) groups excluding carboxylic acids is 1. The average Bonchev–Trinajstić information content (AvgIpc) is 2.40. The highest BCUT2D eigenvalue weighted by atomic mass is 16.5. The Morgan fingerprint density at radius 3 is 2.47 bits per heavy atom. The van der Waals surface area contributed by atoms with Crippen molar-refractivity contribution in [2.45, 2.75) is 6.61 Å². The van der Waals surface area contributed by atoms with Gasteiger partial charge in [-0.15, -0.1) is 0 Å². The van der Waals surface area contributed by atoms with E-state index in [-0.39, 0.29) is 0 Å². The maximum absolute atomic E-state index is 10.2. The minimum Gasteiger partial charge on any atom is -0.489 e. The van der Waals surface area contributed by atoms with Crippen molar-refractivity contribution in [2.75, 3.05) is 5.32 Å². The molecule has 0 saturated heterocycles. The van der Waals surface area contributed by atoms with E-state index in [4.69, 9.17) is 4.74 Å². The first kappa shape index (κ1) is 11.1. The molecule has 0 spiro atoms. The molecular formula is C13H12N2O2. The molecule has 2 aromatic rings. The third kappa shape index (κ3) is 3.31. The fraction of sp³-hybridized carbons (Fsp3) is 0.0769. The van der Waals surface area contributed by atoms with Gasteiger partial charge in [0.25, 0.3) is 0 Å². The number of pyridine rings is 1. The van der Waals surface area contributed by atoms with Crippen molar-refractivity contribution in [1.29, 1.82) is 0 Å². The zero-order valence-corrected chi connectivity index (χ0v) is 9.17. The van der Waals surface area contributed by atoms with Gasteiger partial charge in [-0.25, -0.2) is 0 Å². The van der Waals surface area contributed by atoms with E-state index in [1.54, 1.807) is 24.5 Å². The minimum absolute atomic E-state index is 0.503. The highest BCUT2D eigenvalue weighted by Crippen LogP contribution is 2.16. The maximum Gasteiger partial charge on any atom is 0.211 e. The van der Waals surface area contributed by atoms with Gasteiger partial charge in [0.05, 0.1) is 0 Å². The van der Waals surface area contributed by atoms with Gasteiger partial charge >= 0.3 is 0 Å². The van der Waals surface area contributed by atoms with E-state index in [9.17, 15) is 4.79 Å². The maximum atomic E-state index is 10.2. The second kappa shape index (κ2) is 5.65. The Bertz CT molecular complexity index is 469. The number of rotatable bonds is 5. The molecule has 1 heterocycles. The fourth-order valence-corrected chi connectivity index (χ4v) is 1.36. The third-order valence-electron chi connectivity index (χ3n) is 2.23. The second-order valence-electron chi connectivity index (χ2n) is 3.43. The van der Waals surface area contributed by atoms with Crippen LogP contribution in [0.1, 0.15) is 5.56 Å². The highest BCUT2D eigenvalue weighted by molar-refractivity contribution is 5.71. The number of carbonyl (C=O) groups is 1. The number of nitrogens with zero attached hydrogens (tertiary/aromatic N) is 1. The Morgan fingerprint density at radius 1 is 1.12 bits per heavy atom. The van der Waals surface area contributed by atoms with E-state index in [1.165, 1.54) is 0 Å². The quantitative estimate of drug-likeness (QED) is 0.798. The first-order valence-corrected chi connectivity index (χ1v) is 5.20. The van der Waals surface area contributed by atoms with Crippen molar-refractivity contribution >= 4 is 12.1 Å². The molecule has 2 rings (SSSR count). The summed E-state index contributed by atoms with van der Waals surface area (Å²) in [5, 5.41) is 2.56. The normalized spacial score (nSPS) is 9.65. The lowest BCUT2D eigenvalue weighted by atomic mass is 10.3. The number of nitrogens with one attached hydrogen (secondary N) is 1. The zero-order chi connectivity index (χ0) is 11.9. The lowest BCUT2D eigenvalue weighted by Crippen LogP contribution is -1.96. The van der Waals surface area contributed by atoms with Crippen LogP contribution >= 0.6 is 0 Å². The molecule has 0 aliphatic carbocycles. The number of amides is 1. The number of aromatic nitrogens is 1. The molecule has 4 nitrogen and oxygen atoms in total. The lowest BCUT2D eigenvalue weighted by molar-refractivity contribution is -0.105. The summed E-state index contributed by atoms with van der Waals surface area (Å²) in [6.45, 7) is 0.503. The molecule has 17 heavy (non-hydrogen) atoms. The van der Waals surface area contributed by atoms with Crippen LogP contribution in [0.4, 0.5) is 5.69 Å². The van der Waals surface area contributed by atoms with E-state index < -0.39 is 0 Å². The second-order valence-corrected chi connectivity index (χ2v) is 3.43. The van der Waals surface area contributed by atoms with Gasteiger partial charge in [0, 0.05) is 18.1 Å². The number of hydrogen-bond donors (Lipinski definition) is 1. The Labute approximate surface area is 99.3 Å². The SMILES string of the molecule is O=CNc1ccc(OCc2ccncc2)cc1. The molecule has 1 aromatic carbocycles. The number of ether oxygens (including phenoxy) is 1. The van der Waals surface area contributed by atoms with Crippen LogP contribution in [0.2, 0.25) is 0 Å². The zero-order valence-electron chi connectivity index (χ0n) is 9.17. The van der Waals surface area contributed by atoms with Crippen LogP contribution in [-0.4, -0.2) is 11.4 Å². The molecule has 0 atom stereocenters. The highest BCUT2D eigenvalue weighted by Gasteiger charge is 1.96. The van der Waals surface area contributed by atoms with Crippen LogP contribution in [0.3, 0.4) is 0 Å². The van der Waals surface area contributed by atoms with Crippen LogP contribution < -0.4 is 10.1 Å². The van der Waals surface area contributed by atoms with Crippen LogP contribution in [-0.2, 0) is 11.4 Å². The number of hydrogen-bond acceptors (Lipinski definition) is 3. The molecule has 0 saturated carbocycles. The van der Waals surface area contributed by atoms with Crippen molar-refractivity contribution in [1.82, 2.24) is 4.98 Å². The van der Waals surface area contributed by atoms with Gasteiger partial charge in [0.1, 0.15) is 12.4 Å². The Morgan fingerprint density at radius 2 is 1.82 bits per heavy atom. The van der Waals surface area contributed by atoms with E-state index in [0.29, 0.717) is 13.0 Å². The summed E-state index contributed by atoms with van der Waals surface area (Å²) in [5.41, 5.74) is 1.81. The fourth-order valence-electron chi connectivity index (χ4n) is 1.36. The molecule has 0 bridgehead atoms. The molecule has 86 valence electrons. The van der Waals surface area contributed by atoms with Crippen molar-refractivity contribution in [3.05, 3.63) is 54.4 Å². The number of anilines is 1. The van der Waals surface area contributed by atoms with E-state index in [1.807, 2.05) is 24.3 Å². The molecule has 1 aromatic heterocycles. The average molecular weight is 228 g/mol. The Balaban J connectivity index is 1.93. The molecule has 4 heteroatoms. The van der Waals surface area contributed by atoms with Crippen LogP contribution in [0.25, 0.3) is 0 Å². The summed E-state index contributed by atoms with van der Waals surface area (Å²) in [6.07, 6.45) is 4.11.